The van der Waals surface area contributed by atoms with E-state index in [9.17, 15) is 8.42 Å². The van der Waals surface area contributed by atoms with Crippen molar-refractivity contribution in [1.82, 2.24) is 9.62 Å². The average Bonchev–Trinajstić information content (AvgIpc) is 2.53. The van der Waals surface area contributed by atoms with Gasteiger partial charge in [0.05, 0.1) is 11.9 Å². The Bertz CT molecular complexity index is 349. The molecule has 2 heterocycles. The largest absolute Gasteiger partial charge is 0.383 e. The quantitative estimate of drug-likeness (QED) is 0.826. The molecule has 0 aromatic rings. The second kappa shape index (κ2) is 6.52. The van der Waals surface area contributed by atoms with E-state index < -0.39 is 15.3 Å². The molecule has 2 rings (SSSR count). The van der Waals surface area contributed by atoms with Crippen molar-refractivity contribution >= 4 is 22.4 Å². The first-order valence-electron chi connectivity index (χ1n) is 6.29. The van der Waals surface area contributed by atoms with Gasteiger partial charge >= 0.3 is 0 Å². The summed E-state index contributed by atoms with van der Waals surface area (Å²) in [6.07, 6.45) is 2.91. The van der Waals surface area contributed by atoms with Gasteiger partial charge in [0.25, 0.3) is 0 Å². The van der Waals surface area contributed by atoms with Crippen LogP contribution in [0.4, 0.5) is 0 Å². The molecule has 0 radical (unpaired) electrons. The molecule has 3 atom stereocenters. The summed E-state index contributed by atoms with van der Waals surface area (Å²) in [5.41, 5.74) is 0. The molecule has 2 saturated heterocycles. The number of ether oxygens (including phenoxy) is 1. The molecule has 1 N–H and O–H groups in total. The number of nitrogens with one attached hydrogen (secondary N) is 1. The van der Waals surface area contributed by atoms with E-state index in [1.54, 1.807) is 18.3 Å². The molecule has 7 heteroatoms. The minimum absolute atomic E-state index is 0. The van der Waals surface area contributed by atoms with Gasteiger partial charge in [-0.25, -0.2) is 8.42 Å². The van der Waals surface area contributed by atoms with Crippen LogP contribution < -0.4 is 5.32 Å². The van der Waals surface area contributed by atoms with Crippen LogP contribution in [0.1, 0.15) is 26.2 Å². The maximum Gasteiger partial charge on any atom is 0.219 e. The third-order valence-corrected chi connectivity index (χ3v) is 6.13. The van der Waals surface area contributed by atoms with Crippen LogP contribution in [0.2, 0.25) is 0 Å². The molecule has 0 aromatic heterocycles. The molecule has 108 valence electrons. The summed E-state index contributed by atoms with van der Waals surface area (Å²) >= 11 is 0. The number of nitrogens with zero attached hydrogens (tertiary/aromatic N) is 1. The molecule has 0 spiro atoms. The Hall–Kier alpha value is 0.120. The van der Waals surface area contributed by atoms with E-state index in [1.165, 1.54) is 0 Å². The van der Waals surface area contributed by atoms with Crippen molar-refractivity contribution in [3.05, 3.63) is 0 Å². The summed E-state index contributed by atoms with van der Waals surface area (Å²) in [5, 5.41) is 2.86. The van der Waals surface area contributed by atoms with Crippen LogP contribution in [-0.2, 0) is 14.8 Å². The van der Waals surface area contributed by atoms with Crippen molar-refractivity contribution in [3.63, 3.8) is 0 Å². The van der Waals surface area contributed by atoms with Gasteiger partial charge in [0, 0.05) is 25.7 Å². The Kier molecular flexibility index (Phi) is 5.86. The lowest BCUT2D eigenvalue weighted by molar-refractivity contribution is 0.196. The summed E-state index contributed by atoms with van der Waals surface area (Å²) in [6.45, 7) is 3.71. The smallest absolute Gasteiger partial charge is 0.219 e. The Morgan fingerprint density at radius 2 is 2.00 bits per heavy atom. The predicted molar refractivity (Wildman–Crippen MR) is 73.6 cm³/mol. The van der Waals surface area contributed by atoms with E-state index >= 15 is 0 Å². The van der Waals surface area contributed by atoms with Crippen molar-refractivity contribution in [2.75, 3.05) is 26.8 Å². The number of sulfonamides is 1. The van der Waals surface area contributed by atoms with Gasteiger partial charge in [0.2, 0.25) is 10.0 Å². The molecule has 3 unspecified atom stereocenters. The van der Waals surface area contributed by atoms with Crippen LogP contribution in [0.3, 0.4) is 0 Å². The highest BCUT2D eigenvalue weighted by Gasteiger charge is 2.44. The van der Waals surface area contributed by atoms with Crippen LogP contribution >= 0.6 is 12.4 Å². The van der Waals surface area contributed by atoms with Gasteiger partial charge in [-0.1, -0.05) is 0 Å². The zero-order valence-corrected chi connectivity index (χ0v) is 12.6. The minimum Gasteiger partial charge on any atom is -0.383 e. The summed E-state index contributed by atoms with van der Waals surface area (Å²) < 4.78 is 31.8. The first-order chi connectivity index (χ1) is 8.07. The van der Waals surface area contributed by atoms with E-state index in [0.29, 0.717) is 0 Å². The number of rotatable bonds is 4. The second-order valence-electron chi connectivity index (χ2n) is 5.02. The highest BCUT2D eigenvalue weighted by Crippen LogP contribution is 2.32. The molecular weight excluding hydrogens is 276 g/mol. The normalized spacial score (nSPS) is 30.6. The highest BCUT2D eigenvalue weighted by molar-refractivity contribution is 7.89. The molecule has 2 aliphatic heterocycles. The summed E-state index contributed by atoms with van der Waals surface area (Å²) in [6, 6.07) is 0.339. The number of fused-ring (bicyclic) bond motifs is 2. The van der Waals surface area contributed by atoms with Gasteiger partial charge in [0.15, 0.2) is 0 Å². The van der Waals surface area contributed by atoms with E-state index in [4.69, 9.17) is 4.74 Å². The van der Waals surface area contributed by atoms with Gasteiger partial charge in [0.1, 0.15) is 0 Å². The first kappa shape index (κ1) is 16.2. The Labute approximate surface area is 116 Å². The summed E-state index contributed by atoms with van der Waals surface area (Å²) in [4.78, 5) is 0. The van der Waals surface area contributed by atoms with Crippen molar-refractivity contribution in [1.29, 1.82) is 0 Å². The molecule has 0 aromatic carbocycles. The van der Waals surface area contributed by atoms with Crippen molar-refractivity contribution in [2.24, 2.45) is 0 Å². The van der Waals surface area contributed by atoms with Crippen molar-refractivity contribution in [3.8, 4) is 0 Å². The number of hydrogen-bond acceptors (Lipinski definition) is 4. The highest BCUT2D eigenvalue weighted by atomic mass is 35.5. The molecule has 5 nitrogen and oxygen atoms in total. The molecule has 2 aliphatic rings. The van der Waals surface area contributed by atoms with Crippen LogP contribution in [0, 0.1) is 0 Å². The third kappa shape index (κ3) is 2.99. The monoisotopic (exact) mass is 298 g/mol. The van der Waals surface area contributed by atoms with Crippen molar-refractivity contribution < 1.29 is 13.2 Å². The lowest BCUT2D eigenvalue weighted by Crippen LogP contribution is -2.47. The molecule has 18 heavy (non-hydrogen) atoms. The molecule has 2 fully saturated rings. The maximum absolute atomic E-state index is 12.5. The van der Waals surface area contributed by atoms with E-state index in [2.05, 4.69) is 5.32 Å². The molecule has 2 bridgehead atoms. The third-order valence-electron chi connectivity index (χ3n) is 3.79. The van der Waals surface area contributed by atoms with Crippen LogP contribution in [0.15, 0.2) is 0 Å². The topological polar surface area (TPSA) is 58.6 Å². The molecule has 0 saturated carbocycles. The van der Waals surface area contributed by atoms with Crippen LogP contribution in [0.5, 0.6) is 0 Å². The van der Waals surface area contributed by atoms with Gasteiger partial charge < -0.3 is 10.1 Å². The Morgan fingerprint density at radius 1 is 1.33 bits per heavy atom. The summed E-state index contributed by atoms with van der Waals surface area (Å²) in [5.74, 6) is 0. The molecular formula is C11H23ClN2O3S. The van der Waals surface area contributed by atoms with E-state index in [0.717, 1.165) is 32.4 Å². The zero-order chi connectivity index (χ0) is 12.5. The van der Waals surface area contributed by atoms with Crippen LogP contribution in [-0.4, -0.2) is 56.9 Å². The summed E-state index contributed by atoms with van der Waals surface area (Å²) in [7, 11) is -1.67. The lowest BCUT2D eigenvalue weighted by atomic mass is 10.1. The predicted octanol–water partition coefficient (Wildman–Crippen LogP) is 0.599. The van der Waals surface area contributed by atoms with Crippen LogP contribution in [0.25, 0.3) is 0 Å². The number of halogens is 1. The standard InChI is InChI=1S/C11H22N2O3S.ClH/c1-9(8-16-2)17(14,15)13-10-3-4-11(13)7-12-6-5-10;/h9-12H,3-8H2,1-2H3;1H. The van der Waals surface area contributed by atoms with E-state index in [1.807, 2.05) is 0 Å². The van der Waals surface area contributed by atoms with E-state index in [-0.39, 0.29) is 31.1 Å². The second-order valence-corrected chi connectivity index (χ2v) is 7.27. The van der Waals surface area contributed by atoms with Gasteiger partial charge in [-0.3, -0.25) is 0 Å². The fourth-order valence-electron chi connectivity index (χ4n) is 2.88. The van der Waals surface area contributed by atoms with Gasteiger partial charge in [-0.05, 0) is 32.7 Å². The minimum atomic E-state index is -3.22. The SMILES string of the molecule is COCC(C)S(=O)(=O)N1C2CCNCC1CC2.Cl. The fourth-order valence-corrected chi connectivity index (χ4v) is 4.83. The van der Waals surface area contributed by atoms with Crippen molar-refractivity contribution in [2.45, 2.75) is 43.5 Å². The molecule has 0 aliphatic carbocycles. The fraction of sp³-hybridized carbons (Fsp3) is 1.00. The first-order valence-corrected chi connectivity index (χ1v) is 7.79. The van der Waals surface area contributed by atoms with Gasteiger partial charge in [-0.15, -0.1) is 12.4 Å². The van der Waals surface area contributed by atoms with Gasteiger partial charge in [-0.2, -0.15) is 4.31 Å². The average molecular weight is 299 g/mol. The Morgan fingerprint density at radius 3 is 2.67 bits per heavy atom. The zero-order valence-electron chi connectivity index (χ0n) is 11.0. The lowest BCUT2D eigenvalue weighted by Gasteiger charge is -2.29. The number of methoxy groups -OCH3 is 1. The Balaban J connectivity index is 0.00000162. The maximum atomic E-state index is 12.5. The number of hydrogen-bond donors (Lipinski definition) is 1. The molecule has 0 amide bonds.